The minimum absolute atomic E-state index is 0.00774. The minimum atomic E-state index is -3.76. The maximum atomic E-state index is 12.2. The van der Waals surface area contributed by atoms with Gasteiger partial charge in [-0.15, -0.1) is 0 Å². The highest BCUT2D eigenvalue weighted by Gasteiger charge is 2.44. The molecule has 104 valence electrons. The van der Waals surface area contributed by atoms with E-state index in [2.05, 4.69) is 15.9 Å². The largest absolute Gasteiger partial charge is 0.478 e. The normalized spacial score (nSPS) is 18.9. The van der Waals surface area contributed by atoms with E-state index >= 15 is 0 Å². The van der Waals surface area contributed by atoms with E-state index in [0.717, 1.165) is 10.4 Å². The molecule has 0 aliphatic carbocycles. The fourth-order valence-electron chi connectivity index (χ4n) is 1.86. The Balaban J connectivity index is 2.37. The zero-order valence-corrected chi connectivity index (χ0v) is 12.4. The Morgan fingerprint density at radius 3 is 2.47 bits per heavy atom. The molecule has 1 aliphatic rings. The summed E-state index contributed by atoms with van der Waals surface area (Å²) in [5.74, 6) is -1.21. The summed E-state index contributed by atoms with van der Waals surface area (Å²) in [4.78, 5) is 10.9. The van der Waals surface area contributed by atoms with E-state index in [1.54, 1.807) is 6.92 Å². The van der Waals surface area contributed by atoms with E-state index < -0.39 is 21.6 Å². The van der Waals surface area contributed by atoms with Crippen LogP contribution < -0.4 is 0 Å². The molecule has 1 fully saturated rings. The number of carboxylic acids is 1. The van der Waals surface area contributed by atoms with Crippen molar-refractivity contribution in [3.05, 3.63) is 28.2 Å². The fourth-order valence-corrected chi connectivity index (χ4v) is 3.98. The zero-order chi connectivity index (χ0) is 14.4. The highest BCUT2D eigenvalue weighted by molar-refractivity contribution is 9.10. The van der Waals surface area contributed by atoms with Crippen LogP contribution in [-0.4, -0.2) is 47.6 Å². The summed E-state index contributed by atoms with van der Waals surface area (Å²) < 4.78 is 25.8. The van der Waals surface area contributed by atoms with Gasteiger partial charge in [-0.2, -0.15) is 4.31 Å². The number of halogens is 1. The van der Waals surface area contributed by atoms with Crippen molar-refractivity contribution in [1.29, 1.82) is 0 Å². The molecule has 1 aliphatic heterocycles. The van der Waals surface area contributed by atoms with Gasteiger partial charge in [0.1, 0.15) is 0 Å². The Kier molecular flexibility index (Phi) is 3.46. The molecule has 0 spiro atoms. The fraction of sp³-hybridized carbons (Fsp3) is 0.364. The predicted octanol–water partition coefficient (Wildman–Crippen LogP) is 0.903. The van der Waals surface area contributed by atoms with Crippen molar-refractivity contribution in [1.82, 2.24) is 4.31 Å². The molecule has 0 atom stereocenters. The summed E-state index contributed by atoms with van der Waals surface area (Å²) in [5, 5.41) is 18.5. The summed E-state index contributed by atoms with van der Waals surface area (Å²) >= 11 is 3.05. The van der Waals surface area contributed by atoms with Gasteiger partial charge in [0.15, 0.2) is 0 Å². The second-order valence-corrected chi connectivity index (χ2v) is 7.51. The van der Waals surface area contributed by atoms with Gasteiger partial charge in [0.05, 0.1) is 16.1 Å². The molecule has 19 heavy (non-hydrogen) atoms. The third-order valence-electron chi connectivity index (χ3n) is 2.84. The van der Waals surface area contributed by atoms with Crippen molar-refractivity contribution in [3.63, 3.8) is 0 Å². The average molecular weight is 350 g/mol. The van der Waals surface area contributed by atoms with Gasteiger partial charge in [0.25, 0.3) is 0 Å². The Labute approximate surface area is 118 Å². The first-order chi connectivity index (χ1) is 8.63. The molecule has 0 unspecified atom stereocenters. The molecule has 1 aromatic carbocycles. The van der Waals surface area contributed by atoms with E-state index in [-0.39, 0.29) is 23.5 Å². The first-order valence-electron chi connectivity index (χ1n) is 5.39. The second-order valence-electron chi connectivity index (χ2n) is 4.72. The smallest absolute Gasteiger partial charge is 0.336 e. The Bertz CT molecular complexity index is 632. The van der Waals surface area contributed by atoms with Gasteiger partial charge < -0.3 is 10.2 Å². The third kappa shape index (κ3) is 2.66. The van der Waals surface area contributed by atoms with Crippen LogP contribution in [0.2, 0.25) is 0 Å². The molecular weight excluding hydrogens is 338 g/mol. The van der Waals surface area contributed by atoms with Crippen LogP contribution in [0.1, 0.15) is 17.3 Å². The number of sulfonamides is 1. The van der Waals surface area contributed by atoms with Gasteiger partial charge in [-0.25, -0.2) is 13.2 Å². The molecule has 1 saturated heterocycles. The van der Waals surface area contributed by atoms with Crippen LogP contribution >= 0.6 is 15.9 Å². The van der Waals surface area contributed by atoms with Gasteiger partial charge >= 0.3 is 5.97 Å². The summed E-state index contributed by atoms with van der Waals surface area (Å²) in [6, 6.07) is 3.82. The van der Waals surface area contributed by atoms with Crippen LogP contribution in [0.4, 0.5) is 0 Å². The number of rotatable bonds is 3. The second kappa shape index (κ2) is 4.55. The molecule has 6 nitrogen and oxygen atoms in total. The molecule has 2 N–H and O–H groups in total. The van der Waals surface area contributed by atoms with E-state index in [4.69, 9.17) is 5.11 Å². The van der Waals surface area contributed by atoms with Crippen LogP contribution in [0.15, 0.2) is 27.6 Å². The van der Waals surface area contributed by atoms with Crippen molar-refractivity contribution < 1.29 is 23.4 Å². The number of hydrogen-bond donors (Lipinski definition) is 2. The number of carbonyl (C=O) groups is 1. The number of aromatic carboxylic acids is 1. The maximum absolute atomic E-state index is 12.2. The lowest BCUT2D eigenvalue weighted by atomic mass is 10.0. The lowest BCUT2D eigenvalue weighted by Crippen LogP contribution is -2.61. The lowest BCUT2D eigenvalue weighted by Gasteiger charge is -2.42. The number of aliphatic hydroxyl groups is 1. The quantitative estimate of drug-likeness (QED) is 0.845. The zero-order valence-electron chi connectivity index (χ0n) is 10.00. The Morgan fingerprint density at radius 1 is 1.42 bits per heavy atom. The molecule has 2 rings (SSSR count). The van der Waals surface area contributed by atoms with Crippen molar-refractivity contribution in [2.75, 3.05) is 13.1 Å². The van der Waals surface area contributed by atoms with E-state index in [0.29, 0.717) is 4.47 Å². The summed E-state index contributed by atoms with van der Waals surface area (Å²) in [5.41, 5.74) is -1.13. The first kappa shape index (κ1) is 14.4. The average Bonchev–Trinajstić information content (AvgIpc) is 2.25. The van der Waals surface area contributed by atoms with Gasteiger partial charge in [-0.1, -0.05) is 0 Å². The Morgan fingerprint density at radius 2 is 2.00 bits per heavy atom. The van der Waals surface area contributed by atoms with Crippen molar-refractivity contribution in [3.8, 4) is 0 Å². The van der Waals surface area contributed by atoms with Crippen LogP contribution in [-0.2, 0) is 10.0 Å². The van der Waals surface area contributed by atoms with Crippen molar-refractivity contribution >= 4 is 31.9 Å². The number of β-amino-alcohol motifs (C(OH)–C–C–N with tert-alkyl or cyclic N) is 1. The van der Waals surface area contributed by atoms with E-state index in [1.807, 2.05) is 0 Å². The topological polar surface area (TPSA) is 94.9 Å². The van der Waals surface area contributed by atoms with E-state index in [9.17, 15) is 18.3 Å². The lowest BCUT2D eigenvalue weighted by molar-refractivity contribution is -0.0426. The van der Waals surface area contributed by atoms with Gasteiger partial charge in [0.2, 0.25) is 10.0 Å². The van der Waals surface area contributed by atoms with E-state index in [1.165, 1.54) is 12.1 Å². The van der Waals surface area contributed by atoms with Crippen LogP contribution in [0, 0.1) is 0 Å². The molecule has 0 bridgehead atoms. The monoisotopic (exact) mass is 349 g/mol. The van der Waals surface area contributed by atoms with Gasteiger partial charge in [-0.3, -0.25) is 0 Å². The third-order valence-corrected chi connectivity index (χ3v) is 5.32. The SMILES string of the molecule is CC1(O)CN(S(=O)(=O)c2ccc(Br)c(C(=O)O)c2)C1. The van der Waals surface area contributed by atoms with Crippen LogP contribution in [0.3, 0.4) is 0 Å². The van der Waals surface area contributed by atoms with Gasteiger partial charge in [0, 0.05) is 17.6 Å². The highest BCUT2D eigenvalue weighted by atomic mass is 79.9. The molecule has 1 heterocycles. The minimum Gasteiger partial charge on any atom is -0.478 e. The molecule has 0 amide bonds. The molecular formula is C11H12BrNO5S. The molecule has 8 heteroatoms. The standard InChI is InChI=1S/C11H12BrNO5S/c1-11(16)5-13(6-11)19(17,18)7-2-3-9(12)8(4-7)10(14)15/h2-4,16H,5-6H2,1H3,(H,14,15). The summed E-state index contributed by atoms with van der Waals surface area (Å²) in [7, 11) is -3.76. The van der Waals surface area contributed by atoms with Crippen LogP contribution in [0.25, 0.3) is 0 Å². The van der Waals surface area contributed by atoms with Crippen LogP contribution in [0.5, 0.6) is 0 Å². The first-order valence-corrected chi connectivity index (χ1v) is 7.62. The molecule has 1 aromatic rings. The Hall–Kier alpha value is -0.960. The summed E-state index contributed by atoms with van der Waals surface area (Å²) in [6.07, 6.45) is 0. The predicted molar refractivity (Wildman–Crippen MR) is 70.5 cm³/mol. The molecule has 0 radical (unpaired) electrons. The number of hydrogen-bond acceptors (Lipinski definition) is 4. The van der Waals surface area contributed by atoms with Crippen molar-refractivity contribution in [2.45, 2.75) is 17.4 Å². The van der Waals surface area contributed by atoms with Gasteiger partial charge in [-0.05, 0) is 41.1 Å². The maximum Gasteiger partial charge on any atom is 0.336 e. The molecule has 0 aromatic heterocycles. The number of benzene rings is 1. The molecule has 0 saturated carbocycles. The highest BCUT2D eigenvalue weighted by Crippen LogP contribution is 2.29. The number of carboxylic acid groups (broad SMARTS) is 1. The summed E-state index contributed by atoms with van der Waals surface area (Å²) in [6.45, 7) is 1.56. The van der Waals surface area contributed by atoms with Crippen molar-refractivity contribution in [2.24, 2.45) is 0 Å². The number of nitrogens with zero attached hydrogens (tertiary/aromatic N) is 1.